The van der Waals surface area contributed by atoms with Gasteiger partial charge in [0.15, 0.2) is 0 Å². The van der Waals surface area contributed by atoms with Gasteiger partial charge in [-0.3, -0.25) is 39.5 Å². The van der Waals surface area contributed by atoms with Gasteiger partial charge >= 0.3 is 5.00 Å². The topological polar surface area (TPSA) is 127 Å². The van der Waals surface area contributed by atoms with Crippen molar-refractivity contribution < 1.29 is 24.1 Å². The molecule has 1 N–H and O–H groups in total. The second-order valence-corrected chi connectivity index (χ2v) is 5.75. The van der Waals surface area contributed by atoms with Gasteiger partial charge in [-0.15, -0.1) is 0 Å². The van der Waals surface area contributed by atoms with Crippen LogP contribution in [0, 0.1) is 10.1 Å². The first-order valence-corrected chi connectivity index (χ1v) is 7.27. The first-order valence-electron chi connectivity index (χ1n) is 6.39. The van der Waals surface area contributed by atoms with Crippen molar-refractivity contribution in [3.8, 4) is 0 Å². The van der Waals surface area contributed by atoms with E-state index in [0.29, 0.717) is 17.8 Å². The third-order valence-electron chi connectivity index (χ3n) is 3.58. The smallest absolute Gasteiger partial charge is 0.295 e. The van der Waals surface area contributed by atoms with E-state index in [1.165, 1.54) is 5.38 Å². The zero-order valence-corrected chi connectivity index (χ0v) is 11.8. The van der Waals surface area contributed by atoms with Gasteiger partial charge < -0.3 is 0 Å². The zero-order valence-electron chi connectivity index (χ0n) is 11.0. The number of amides is 4. The summed E-state index contributed by atoms with van der Waals surface area (Å²) in [5.74, 6) is -2.80. The predicted molar refractivity (Wildman–Crippen MR) is 72.3 cm³/mol. The molecule has 9 nitrogen and oxygen atoms in total. The van der Waals surface area contributed by atoms with Crippen LogP contribution in [0.5, 0.6) is 0 Å². The molecular formula is C12H9N3O6S. The number of hydrogen-bond acceptors (Lipinski definition) is 7. The highest BCUT2D eigenvalue weighted by Crippen LogP contribution is 2.38. The third kappa shape index (κ3) is 1.99. The summed E-state index contributed by atoms with van der Waals surface area (Å²) < 4.78 is 0. The van der Waals surface area contributed by atoms with E-state index < -0.39 is 39.6 Å². The second-order valence-electron chi connectivity index (χ2n) is 4.89. The number of rotatable bonds is 2. The van der Waals surface area contributed by atoms with Crippen LogP contribution in [-0.2, 0) is 9.59 Å². The minimum absolute atomic E-state index is 0.0647. The van der Waals surface area contributed by atoms with E-state index in [1.54, 1.807) is 0 Å². The molecule has 0 bridgehead atoms. The molecule has 0 aliphatic carbocycles. The molecule has 1 aromatic heterocycles. The molecule has 3 heterocycles. The number of nitrogens with one attached hydrogen (secondary N) is 1. The van der Waals surface area contributed by atoms with Crippen molar-refractivity contribution in [3.05, 3.63) is 26.6 Å². The normalized spacial score (nSPS) is 21.6. The lowest BCUT2D eigenvalue weighted by Crippen LogP contribution is -2.49. The van der Waals surface area contributed by atoms with Crippen LogP contribution in [0.3, 0.4) is 0 Å². The van der Waals surface area contributed by atoms with Crippen LogP contribution in [0.25, 0.3) is 0 Å². The average Bonchev–Trinajstić information content (AvgIpc) is 2.92. The Hall–Kier alpha value is -2.62. The number of carbonyl (C=O) groups is 4. The molecule has 3 rings (SSSR count). The number of fused-ring (bicyclic) bond motifs is 1. The van der Waals surface area contributed by atoms with E-state index in [4.69, 9.17) is 0 Å². The molecule has 1 fully saturated rings. The van der Waals surface area contributed by atoms with E-state index in [1.807, 2.05) is 0 Å². The molecule has 1 saturated heterocycles. The van der Waals surface area contributed by atoms with Crippen LogP contribution in [0.15, 0.2) is 5.38 Å². The van der Waals surface area contributed by atoms with Crippen LogP contribution < -0.4 is 5.32 Å². The molecule has 114 valence electrons. The van der Waals surface area contributed by atoms with E-state index >= 15 is 0 Å². The van der Waals surface area contributed by atoms with Crippen LogP contribution in [0.2, 0.25) is 0 Å². The lowest BCUT2D eigenvalue weighted by Gasteiger charge is -2.22. The Bertz CT molecular complexity index is 739. The van der Waals surface area contributed by atoms with Crippen LogP contribution in [0.4, 0.5) is 5.00 Å². The lowest BCUT2D eigenvalue weighted by molar-refractivity contribution is -0.380. The number of nitro groups is 1. The number of hydrogen-bond donors (Lipinski definition) is 1. The van der Waals surface area contributed by atoms with Gasteiger partial charge in [0, 0.05) is 11.8 Å². The van der Waals surface area contributed by atoms with Crippen molar-refractivity contribution in [1.82, 2.24) is 10.2 Å². The molecule has 0 unspecified atom stereocenters. The fraction of sp³-hybridized carbons (Fsp3) is 0.333. The first kappa shape index (κ1) is 14.3. The lowest BCUT2D eigenvalue weighted by atomic mass is 10.1. The van der Waals surface area contributed by atoms with Gasteiger partial charge in [-0.05, 0) is 12.8 Å². The second kappa shape index (κ2) is 4.98. The van der Waals surface area contributed by atoms with E-state index in [9.17, 15) is 29.3 Å². The van der Waals surface area contributed by atoms with Crippen molar-refractivity contribution in [2.24, 2.45) is 0 Å². The van der Waals surface area contributed by atoms with Crippen molar-refractivity contribution in [3.63, 3.8) is 0 Å². The standard InChI is InChI=1S/C12H9N3O6S/c16-7-3-1-2-6(9(17)13-7)14-10(18)5-4-22-12(15(20)21)8(5)11(14)19/h4,6H,1-3H2,(H,13,16,17)/t6-/m0/s1. The molecule has 1 aromatic rings. The maximum Gasteiger partial charge on any atom is 0.337 e. The largest absolute Gasteiger partial charge is 0.337 e. The van der Waals surface area contributed by atoms with E-state index in [-0.39, 0.29) is 24.0 Å². The Balaban J connectivity index is 1.98. The first-order chi connectivity index (χ1) is 10.4. The van der Waals surface area contributed by atoms with Crippen LogP contribution in [0.1, 0.15) is 40.0 Å². The summed E-state index contributed by atoms with van der Waals surface area (Å²) in [6.45, 7) is 0. The molecule has 0 saturated carbocycles. The fourth-order valence-electron chi connectivity index (χ4n) is 2.59. The molecular weight excluding hydrogens is 314 g/mol. The summed E-state index contributed by atoms with van der Waals surface area (Å²) in [6, 6.07) is -1.12. The molecule has 2 aliphatic heterocycles. The summed E-state index contributed by atoms with van der Waals surface area (Å²) in [5.41, 5.74) is -0.339. The molecule has 0 aromatic carbocycles. The Labute approximate surface area is 127 Å². The third-order valence-corrected chi connectivity index (χ3v) is 4.51. The minimum atomic E-state index is -1.12. The zero-order chi connectivity index (χ0) is 16.0. The molecule has 22 heavy (non-hydrogen) atoms. The average molecular weight is 323 g/mol. The number of nitrogens with zero attached hydrogens (tertiary/aromatic N) is 2. The quantitative estimate of drug-likeness (QED) is 0.478. The van der Waals surface area contributed by atoms with Crippen LogP contribution in [-0.4, -0.2) is 39.5 Å². The molecule has 10 heteroatoms. The van der Waals surface area contributed by atoms with E-state index in [0.717, 1.165) is 4.90 Å². The van der Waals surface area contributed by atoms with Gasteiger partial charge in [0.05, 0.1) is 10.5 Å². The van der Waals surface area contributed by atoms with Gasteiger partial charge in [-0.25, -0.2) is 0 Å². The van der Waals surface area contributed by atoms with Crippen molar-refractivity contribution in [2.75, 3.05) is 0 Å². The van der Waals surface area contributed by atoms with Gasteiger partial charge in [0.2, 0.25) is 11.8 Å². The monoisotopic (exact) mass is 323 g/mol. The highest BCUT2D eigenvalue weighted by molar-refractivity contribution is 7.14. The Kier molecular flexibility index (Phi) is 3.24. The molecule has 1 atom stereocenters. The highest BCUT2D eigenvalue weighted by atomic mass is 32.1. The number of imide groups is 2. The maximum atomic E-state index is 12.4. The summed E-state index contributed by atoms with van der Waals surface area (Å²) in [5, 5.41) is 13.9. The molecule has 0 spiro atoms. The van der Waals surface area contributed by atoms with Crippen molar-refractivity contribution in [1.29, 1.82) is 0 Å². The summed E-state index contributed by atoms with van der Waals surface area (Å²) in [7, 11) is 0. The Morgan fingerprint density at radius 3 is 2.68 bits per heavy atom. The predicted octanol–water partition coefficient (Wildman–Crippen LogP) is 0.448. The van der Waals surface area contributed by atoms with Crippen LogP contribution >= 0.6 is 11.3 Å². The van der Waals surface area contributed by atoms with Gasteiger partial charge in [0.25, 0.3) is 11.8 Å². The summed E-state index contributed by atoms with van der Waals surface area (Å²) in [4.78, 5) is 58.9. The molecule has 4 amide bonds. The molecule has 0 radical (unpaired) electrons. The summed E-state index contributed by atoms with van der Waals surface area (Å²) >= 11 is 0.700. The maximum absolute atomic E-state index is 12.4. The number of carbonyl (C=O) groups excluding carboxylic acids is 4. The number of thiophene rings is 1. The Morgan fingerprint density at radius 2 is 2.00 bits per heavy atom. The van der Waals surface area contributed by atoms with Gasteiger partial charge in [0.1, 0.15) is 11.6 Å². The molecule has 2 aliphatic rings. The Morgan fingerprint density at radius 1 is 1.27 bits per heavy atom. The van der Waals surface area contributed by atoms with E-state index in [2.05, 4.69) is 5.32 Å². The van der Waals surface area contributed by atoms with Gasteiger partial charge in [-0.2, -0.15) is 0 Å². The van der Waals surface area contributed by atoms with Gasteiger partial charge in [-0.1, -0.05) is 11.3 Å². The fourth-order valence-corrected chi connectivity index (χ4v) is 3.44. The summed E-state index contributed by atoms with van der Waals surface area (Å²) in [6.07, 6.45) is 0.616. The van der Waals surface area contributed by atoms with Crippen molar-refractivity contribution >= 4 is 40.0 Å². The highest BCUT2D eigenvalue weighted by Gasteiger charge is 2.48. The van der Waals surface area contributed by atoms with Crippen molar-refractivity contribution in [2.45, 2.75) is 25.3 Å². The minimum Gasteiger partial charge on any atom is -0.295 e. The SMILES string of the molecule is O=C1CCC[C@H](N2C(=O)c3csc([N+](=O)[O-])c3C2=O)C(=O)N1.